The summed E-state index contributed by atoms with van der Waals surface area (Å²) in [5.41, 5.74) is 3.06. The number of anilines is 1. The fourth-order valence-corrected chi connectivity index (χ4v) is 5.21. The molecule has 3 aromatic rings. The smallest absolute Gasteiger partial charge is 0.412 e. The Morgan fingerprint density at radius 3 is 2.70 bits per heavy atom. The number of hydrogen-bond acceptors (Lipinski definition) is 5. The van der Waals surface area contributed by atoms with Gasteiger partial charge in [-0.1, -0.05) is 6.07 Å². The largest absolute Gasteiger partial charge is 0.465 e. The van der Waals surface area contributed by atoms with Gasteiger partial charge in [-0.05, 0) is 44.4 Å². The van der Waals surface area contributed by atoms with Crippen molar-refractivity contribution in [2.45, 2.75) is 51.7 Å². The van der Waals surface area contributed by atoms with Gasteiger partial charge in [0.25, 0.3) is 5.56 Å². The summed E-state index contributed by atoms with van der Waals surface area (Å²) in [5, 5.41) is 9.73. The van der Waals surface area contributed by atoms with Gasteiger partial charge in [-0.2, -0.15) is 0 Å². The number of aryl methyl sites for hydroxylation is 4. The van der Waals surface area contributed by atoms with Gasteiger partial charge in [0.2, 0.25) is 0 Å². The highest BCUT2D eigenvalue weighted by Crippen LogP contribution is 2.36. The molecule has 2 aromatic heterocycles. The fraction of sp³-hybridized carbons (Fsp3) is 0.435. The van der Waals surface area contributed by atoms with E-state index < -0.39 is 15.9 Å². The lowest BCUT2D eigenvalue weighted by atomic mass is 9.96. The van der Waals surface area contributed by atoms with Crippen molar-refractivity contribution in [2.75, 3.05) is 16.9 Å². The first-order valence-electron chi connectivity index (χ1n) is 11.0. The Hall–Kier alpha value is -3.14. The molecule has 176 valence electrons. The lowest BCUT2D eigenvalue weighted by molar-refractivity contribution is 0.198. The van der Waals surface area contributed by atoms with Crippen LogP contribution in [0.2, 0.25) is 0 Å². The number of sulfone groups is 1. The molecule has 0 fully saturated rings. The van der Waals surface area contributed by atoms with Crippen LogP contribution in [0.4, 0.5) is 10.5 Å². The van der Waals surface area contributed by atoms with Crippen LogP contribution in [0.5, 0.6) is 0 Å². The first-order chi connectivity index (χ1) is 15.7. The summed E-state index contributed by atoms with van der Waals surface area (Å²) in [6.07, 6.45) is 4.32. The predicted molar refractivity (Wildman–Crippen MR) is 127 cm³/mol. The highest BCUT2D eigenvalue weighted by atomic mass is 32.2. The summed E-state index contributed by atoms with van der Waals surface area (Å²) in [6, 6.07) is 8.58. The Labute approximate surface area is 192 Å². The monoisotopic (exact) mass is 472 g/mol. The number of aromatic nitrogens is 3. The van der Waals surface area contributed by atoms with Crippen LogP contribution in [0, 0.1) is 0 Å². The molecule has 1 atom stereocenters. The van der Waals surface area contributed by atoms with Gasteiger partial charge < -0.3 is 14.2 Å². The average molecular weight is 473 g/mol. The van der Waals surface area contributed by atoms with Gasteiger partial charge in [-0.15, -0.1) is 0 Å². The van der Waals surface area contributed by atoms with E-state index in [0.29, 0.717) is 38.0 Å². The molecule has 1 amide bonds. The molecule has 4 rings (SSSR count). The first-order valence-corrected chi connectivity index (χ1v) is 13.1. The zero-order valence-electron chi connectivity index (χ0n) is 18.8. The molecule has 1 N–H and O–H groups in total. The molecule has 0 aliphatic carbocycles. The van der Waals surface area contributed by atoms with Gasteiger partial charge in [0.15, 0.2) is 0 Å². The number of pyridine rings is 1. The van der Waals surface area contributed by atoms with Crippen molar-refractivity contribution in [3.05, 3.63) is 58.3 Å². The van der Waals surface area contributed by atoms with Crippen molar-refractivity contribution < 1.29 is 18.3 Å². The normalized spacial score (nSPS) is 16.2. The number of hydrogen-bond donors (Lipinski definition) is 1. The third-order valence-electron chi connectivity index (χ3n) is 6.17. The van der Waals surface area contributed by atoms with Gasteiger partial charge in [0.1, 0.15) is 15.7 Å². The van der Waals surface area contributed by atoms with E-state index in [1.54, 1.807) is 22.9 Å². The van der Waals surface area contributed by atoms with Crippen LogP contribution in [0.25, 0.3) is 11.0 Å². The van der Waals surface area contributed by atoms with E-state index in [1.165, 1.54) is 17.2 Å². The number of carbonyl (C=O) groups is 1. The van der Waals surface area contributed by atoms with Crippen LogP contribution in [0.3, 0.4) is 0 Å². The van der Waals surface area contributed by atoms with E-state index in [-0.39, 0.29) is 17.4 Å². The van der Waals surface area contributed by atoms with E-state index >= 15 is 0 Å². The Bertz CT molecular complexity index is 1360. The van der Waals surface area contributed by atoms with E-state index in [1.807, 2.05) is 23.6 Å². The van der Waals surface area contributed by atoms with Gasteiger partial charge >= 0.3 is 6.09 Å². The maximum atomic E-state index is 12.1. The number of rotatable bonds is 7. The van der Waals surface area contributed by atoms with Gasteiger partial charge in [-0.25, -0.2) is 18.2 Å². The molecule has 0 saturated heterocycles. The zero-order valence-corrected chi connectivity index (χ0v) is 19.6. The molecule has 0 unspecified atom stereocenters. The molecule has 0 radical (unpaired) electrons. The van der Waals surface area contributed by atoms with Crippen LogP contribution in [-0.4, -0.2) is 51.8 Å². The molecular weight excluding hydrogens is 444 g/mol. The van der Waals surface area contributed by atoms with E-state index in [9.17, 15) is 23.1 Å². The van der Waals surface area contributed by atoms with Crippen molar-refractivity contribution in [1.29, 1.82) is 0 Å². The summed E-state index contributed by atoms with van der Waals surface area (Å²) in [7, 11) is -3.09. The number of carboxylic acid groups (broad SMARTS) is 1. The molecule has 9 nitrogen and oxygen atoms in total. The van der Waals surface area contributed by atoms with E-state index in [4.69, 9.17) is 4.98 Å². The Kier molecular flexibility index (Phi) is 6.29. The van der Waals surface area contributed by atoms with Crippen LogP contribution < -0.4 is 10.5 Å². The maximum absolute atomic E-state index is 12.1. The molecule has 0 bridgehead atoms. The molecule has 10 heteroatoms. The Balaban J connectivity index is 1.75. The summed E-state index contributed by atoms with van der Waals surface area (Å²) >= 11 is 0. The number of benzene rings is 1. The minimum absolute atomic E-state index is 0.0690. The minimum Gasteiger partial charge on any atom is -0.465 e. The molecule has 0 spiro atoms. The lowest BCUT2D eigenvalue weighted by Gasteiger charge is -2.33. The van der Waals surface area contributed by atoms with E-state index in [2.05, 4.69) is 0 Å². The van der Waals surface area contributed by atoms with Crippen LogP contribution in [0.15, 0.2) is 41.3 Å². The third-order valence-corrected chi connectivity index (χ3v) is 7.20. The Morgan fingerprint density at radius 2 is 2.00 bits per heavy atom. The maximum Gasteiger partial charge on any atom is 0.412 e. The Morgan fingerprint density at radius 1 is 1.21 bits per heavy atom. The molecule has 33 heavy (non-hydrogen) atoms. The predicted octanol–water partition coefficient (Wildman–Crippen LogP) is 2.69. The highest BCUT2D eigenvalue weighted by Gasteiger charge is 2.30. The topological polar surface area (TPSA) is 115 Å². The highest BCUT2D eigenvalue weighted by molar-refractivity contribution is 7.90. The summed E-state index contributed by atoms with van der Waals surface area (Å²) in [4.78, 5) is 30.3. The van der Waals surface area contributed by atoms with Crippen LogP contribution in [0.1, 0.15) is 31.2 Å². The van der Waals surface area contributed by atoms with Gasteiger partial charge in [-0.3, -0.25) is 9.69 Å². The molecule has 1 aliphatic rings. The second-order valence-electron chi connectivity index (χ2n) is 8.62. The van der Waals surface area contributed by atoms with Crippen LogP contribution >= 0.6 is 0 Å². The molecule has 3 heterocycles. The zero-order chi connectivity index (χ0) is 23.8. The lowest BCUT2D eigenvalue weighted by Crippen LogP contribution is -2.41. The van der Waals surface area contributed by atoms with Crippen LogP contribution in [-0.2, 0) is 35.8 Å². The standard InChI is InChI=1S/C23H28N4O5S/c1-16-7-8-17-18(27(16)23(29)30)9-10-19-22(17)24-20(26(19)13-5-15-33(2,31)32)11-14-25-12-4-3-6-21(25)28/h3-4,6,9-10,12,16H,5,7-8,11,13-15H2,1-2H3,(H,29,30)/t16-/m0/s1. The molecular formula is C23H28N4O5S. The number of fused-ring (bicyclic) bond motifs is 3. The number of imidazole rings is 1. The SMILES string of the molecule is C[C@H]1CCc2c(ccc3c2nc(CCn2ccccc2=O)n3CCCS(C)(=O)=O)N1C(=O)O. The van der Waals surface area contributed by atoms with Crippen molar-refractivity contribution in [2.24, 2.45) is 0 Å². The summed E-state index contributed by atoms with van der Waals surface area (Å²) < 4.78 is 26.9. The minimum atomic E-state index is -3.09. The third kappa shape index (κ3) is 4.80. The summed E-state index contributed by atoms with van der Waals surface area (Å²) in [6.45, 7) is 2.81. The number of nitrogens with zero attached hydrogens (tertiary/aromatic N) is 4. The second-order valence-corrected chi connectivity index (χ2v) is 10.9. The average Bonchev–Trinajstić information content (AvgIpc) is 3.09. The van der Waals surface area contributed by atoms with Crippen molar-refractivity contribution in [3.8, 4) is 0 Å². The fourth-order valence-electron chi connectivity index (χ4n) is 4.56. The molecule has 1 aromatic carbocycles. The van der Waals surface area contributed by atoms with Crippen molar-refractivity contribution in [1.82, 2.24) is 14.1 Å². The van der Waals surface area contributed by atoms with Gasteiger partial charge in [0, 0.05) is 49.6 Å². The summed E-state index contributed by atoms with van der Waals surface area (Å²) in [5.74, 6) is 0.822. The first kappa shape index (κ1) is 23.0. The molecule has 1 aliphatic heterocycles. The van der Waals surface area contributed by atoms with Crippen molar-refractivity contribution in [3.63, 3.8) is 0 Å². The second kappa shape index (κ2) is 9.01. The van der Waals surface area contributed by atoms with E-state index in [0.717, 1.165) is 28.8 Å². The van der Waals surface area contributed by atoms with Crippen molar-refractivity contribution >= 4 is 32.7 Å². The quantitative estimate of drug-likeness (QED) is 0.565. The molecule has 0 saturated carbocycles. The van der Waals surface area contributed by atoms with Gasteiger partial charge in [0.05, 0.1) is 22.5 Å². The number of amides is 1.